The van der Waals surface area contributed by atoms with E-state index in [1.807, 2.05) is 0 Å². The number of nitrogens with one attached hydrogen (secondary N) is 1. The van der Waals surface area contributed by atoms with E-state index in [0.29, 0.717) is 11.3 Å². The zero-order chi connectivity index (χ0) is 15.5. The first-order chi connectivity index (χ1) is 10.6. The van der Waals surface area contributed by atoms with E-state index < -0.39 is 0 Å². The molecule has 0 atom stereocenters. The highest BCUT2D eigenvalue weighted by Gasteiger charge is 2.22. The number of nitrogens with zero attached hydrogens (tertiary/aromatic N) is 1. The van der Waals surface area contributed by atoms with Crippen molar-refractivity contribution in [1.82, 2.24) is 5.32 Å². The molecule has 2 aromatic rings. The number of piperidine rings is 1. The van der Waals surface area contributed by atoms with E-state index in [-0.39, 0.29) is 17.8 Å². The van der Waals surface area contributed by atoms with Gasteiger partial charge in [-0.3, -0.25) is 4.79 Å². The summed E-state index contributed by atoms with van der Waals surface area (Å²) in [7, 11) is 0. The normalized spacial score (nSPS) is 15.8. The van der Waals surface area contributed by atoms with Crippen molar-refractivity contribution < 1.29 is 13.6 Å². The molecule has 1 fully saturated rings. The lowest BCUT2D eigenvalue weighted by atomic mass is 10.0. The molecule has 1 N–H and O–H groups in total. The Hall–Kier alpha value is -2.30. The van der Waals surface area contributed by atoms with Crippen LogP contribution in [-0.4, -0.2) is 25.0 Å². The zero-order valence-corrected chi connectivity index (χ0v) is 12.5. The highest BCUT2D eigenvalue weighted by atomic mass is 19.1. The topological polar surface area (TPSA) is 45.5 Å². The van der Waals surface area contributed by atoms with Gasteiger partial charge < -0.3 is 14.6 Å². The first kappa shape index (κ1) is 14.6. The van der Waals surface area contributed by atoms with Gasteiger partial charge in [0.2, 0.25) is 0 Å². The van der Waals surface area contributed by atoms with Crippen LogP contribution in [0.2, 0.25) is 0 Å². The molecule has 2 heterocycles. The molecule has 22 heavy (non-hydrogen) atoms. The summed E-state index contributed by atoms with van der Waals surface area (Å²) >= 11 is 0. The van der Waals surface area contributed by atoms with E-state index in [0.717, 1.165) is 31.6 Å². The summed E-state index contributed by atoms with van der Waals surface area (Å²) in [6.45, 7) is 3.48. The number of anilines is 1. The summed E-state index contributed by atoms with van der Waals surface area (Å²) in [5, 5.41) is 3.06. The van der Waals surface area contributed by atoms with Crippen LogP contribution in [0.15, 0.2) is 41.0 Å². The average molecular weight is 302 g/mol. The Bertz CT molecular complexity index is 643. The minimum absolute atomic E-state index is 0.0773. The fourth-order valence-corrected chi connectivity index (χ4v) is 2.82. The van der Waals surface area contributed by atoms with Crippen molar-refractivity contribution >= 4 is 11.6 Å². The SMILES string of the molecule is Cc1occc1C(=O)NC1CCN(c2ccc(F)cc2)CC1. The fraction of sp³-hybridized carbons (Fsp3) is 0.353. The van der Waals surface area contributed by atoms with Crippen molar-refractivity contribution in [1.29, 1.82) is 0 Å². The van der Waals surface area contributed by atoms with Crippen molar-refractivity contribution in [3.05, 3.63) is 53.7 Å². The van der Waals surface area contributed by atoms with E-state index in [1.54, 1.807) is 25.1 Å². The molecule has 1 aliphatic rings. The summed E-state index contributed by atoms with van der Waals surface area (Å²) < 4.78 is 18.1. The predicted molar refractivity (Wildman–Crippen MR) is 82.5 cm³/mol. The number of furan rings is 1. The predicted octanol–water partition coefficient (Wildman–Crippen LogP) is 3.13. The molecule has 0 unspecified atom stereocenters. The Kier molecular flexibility index (Phi) is 4.13. The number of amides is 1. The number of rotatable bonds is 3. The van der Waals surface area contributed by atoms with Gasteiger partial charge in [0, 0.05) is 24.8 Å². The number of halogens is 1. The van der Waals surface area contributed by atoms with Crippen molar-refractivity contribution in [2.24, 2.45) is 0 Å². The first-order valence-corrected chi connectivity index (χ1v) is 7.49. The number of hydrogen-bond acceptors (Lipinski definition) is 3. The Morgan fingerprint density at radius 1 is 1.23 bits per heavy atom. The van der Waals surface area contributed by atoms with Gasteiger partial charge in [-0.25, -0.2) is 4.39 Å². The average Bonchev–Trinajstić information content (AvgIpc) is 2.95. The van der Waals surface area contributed by atoms with Crippen molar-refractivity contribution in [3.63, 3.8) is 0 Å². The minimum atomic E-state index is -0.221. The van der Waals surface area contributed by atoms with E-state index in [4.69, 9.17) is 4.42 Å². The third-order valence-electron chi connectivity index (χ3n) is 4.13. The lowest BCUT2D eigenvalue weighted by Crippen LogP contribution is -2.44. The fourth-order valence-electron chi connectivity index (χ4n) is 2.82. The van der Waals surface area contributed by atoms with Gasteiger partial charge in [-0.1, -0.05) is 0 Å². The molecular weight excluding hydrogens is 283 g/mol. The quantitative estimate of drug-likeness (QED) is 0.947. The maximum absolute atomic E-state index is 13.0. The van der Waals surface area contributed by atoms with Gasteiger partial charge in [0.05, 0.1) is 11.8 Å². The molecule has 0 bridgehead atoms. The molecule has 1 aromatic carbocycles. The molecule has 1 saturated heterocycles. The van der Waals surface area contributed by atoms with Crippen LogP contribution in [-0.2, 0) is 0 Å². The molecule has 3 rings (SSSR count). The number of carbonyl (C=O) groups excluding carboxylic acids is 1. The number of hydrogen-bond donors (Lipinski definition) is 1. The maximum atomic E-state index is 13.0. The van der Waals surface area contributed by atoms with Gasteiger partial charge in [0.1, 0.15) is 11.6 Å². The number of aryl methyl sites for hydroxylation is 1. The monoisotopic (exact) mass is 302 g/mol. The summed E-state index contributed by atoms with van der Waals surface area (Å²) in [4.78, 5) is 14.4. The lowest BCUT2D eigenvalue weighted by Gasteiger charge is -2.34. The molecule has 116 valence electrons. The van der Waals surface area contributed by atoms with Gasteiger partial charge in [0.15, 0.2) is 0 Å². The van der Waals surface area contributed by atoms with Gasteiger partial charge >= 0.3 is 0 Å². The van der Waals surface area contributed by atoms with Gasteiger partial charge in [-0.15, -0.1) is 0 Å². The van der Waals surface area contributed by atoms with Crippen LogP contribution in [0.1, 0.15) is 29.0 Å². The Morgan fingerprint density at radius 3 is 2.50 bits per heavy atom. The molecule has 4 nitrogen and oxygen atoms in total. The number of carbonyl (C=O) groups is 1. The van der Waals surface area contributed by atoms with E-state index >= 15 is 0 Å². The second kappa shape index (κ2) is 6.22. The molecule has 0 spiro atoms. The second-order valence-electron chi connectivity index (χ2n) is 5.60. The Balaban J connectivity index is 1.55. The summed E-state index contributed by atoms with van der Waals surface area (Å²) in [6, 6.07) is 8.40. The van der Waals surface area contributed by atoms with Crippen LogP contribution in [0.25, 0.3) is 0 Å². The second-order valence-corrected chi connectivity index (χ2v) is 5.60. The first-order valence-electron chi connectivity index (χ1n) is 7.49. The maximum Gasteiger partial charge on any atom is 0.255 e. The van der Waals surface area contributed by atoms with Gasteiger partial charge in [-0.05, 0) is 50.1 Å². The highest BCUT2D eigenvalue weighted by molar-refractivity contribution is 5.95. The van der Waals surface area contributed by atoms with Crippen LogP contribution in [0.4, 0.5) is 10.1 Å². The van der Waals surface area contributed by atoms with Crippen LogP contribution in [0.3, 0.4) is 0 Å². The summed E-state index contributed by atoms with van der Waals surface area (Å²) in [6.07, 6.45) is 3.28. The van der Waals surface area contributed by atoms with E-state index in [2.05, 4.69) is 10.2 Å². The minimum Gasteiger partial charge on any atom is -0.469 e. The third-order valence-corrected chi connectivity index (χ3v) is 4.13. The molecule has 0 aliphatic carbocycles. The van der Waals surface area contributed by atoms with Crippen molar-refractivity contribution in [2.45, 2.75) is 25.8 Å². The Morgan fingerprint density at radius 2 is 1.91 bits per heavy atom. The summed E-state index contributed by atoms with van der Waals surface area (Å²) in [5.74, 6) is 0.342. The van der Waals surface area contributed by atoms with E-state index in [1.165, 1.54) is 18.4 Å². The molecule has 0 radical (unpaired) electrons. The van der Waals surface area contributed by atoms with Crippen molar-refractivity contribution in [3.8, 4) is 0 Å². The van der Waals surface area contributed by atoms with Crippen LogP contribution in [0, 0.1) is 12.7 Å². The third kappa shape index (κ3) is 3.13. The van der Waals surface area contributed by atoms with Crippen LogP contribution in [0.5, 0.6) is 0 Å². The molecule has 1 aromatic heterocycles. The van der Waals surface area contributed by atoms with Gasteiger partial charge in [0.25, 0.3) is 5.91 Å². The van der Waals surface area contributed by atoms with Gasteiger partial charge in [-0.2, -0.15) is 0 Å². The highest BCUT2D eigenvalue weighted by Crippen LogP contribution is 2.20. The molecule has 1 aliphatic heterocycles. The number of benzene rings is 1. The van der Waals surface area contributed by atoms with Crippen LogP contribution < -0.4 is 10.2 Å². The molecular formula is C17H19FN2O2. The van der Waals surface area contributed by atoms with E-state index in [9.17, 15) is 9.18 Å². The standard InChI is InChI=1S/C17H19FN2O2/c1-12-16(8-11-22-12)17(21)19-14-6-9-20(10-7-14)15-4-2-13(18)3-5-15/h2-5,8,11,14H,6-7,9-10H2,1H3,(H,19,21). The zero-order valence-electron chi connectivity index (χ0n) is 12.5. The van der Waals surface area contributed by atoms with Crippen molar-refractivity contribution in [2.75, 3.05) is 18.0 Å². The summed E-state index contributed by atoms with van der Waals surface area (Å²) in [5.41, 5.74) is 1.62. The Labute approximate surface area is 128 Å². The van der Waals surface area contributed by atoms with Crippen LogP contribution >= 0.6 is 0 Å². The lowest BCUT2D eigenvalue weighted by molar-refractivity contribution is 0.0929. The molecule has 1 amide bonds. The smallest absolute Gasteiger partial charge is 0.255 e. The largest absolute Gasteiger partial charge is 0.469 e. The molecule has 5 heteroatoms. The molecule has 0 saturated carbocycles.